The molecule has 2 saturated heterocycles. The lowest BCUT2D eigenvalue weighted by Gasteiger charge is -2.60. The van der Waals surface area contributed by atoms with Gasteiger partial charge in [-0.1, -0.05) is 33.8 Å². The van der Waals surface area contributed by atoms with E-state index in [1.165, 1.54) is 0 Å². The summed E-state index contributed by atoms with van der Waals surface area (Å²) in [5.41, 5.74) is 0.548. The summed E-state index contributed by atoms with van der Waals surface area (Å²) in [5.74, 6) is 2.32. The maximum absolute atomic E-state index is 14.3. The van der Waals surface area contributed by atoms with Crippen molar-refractivity contribution in [2.75, 3.05) is 6.61 Å². The summed E-state index contributed by atoms with van der Waals surface area (Å²) in [4.78, 5) is 43.8. The van der Waals surface area contributed by atoms with Crippen LogP contribution < -0.4 is 10.6 Å². The highest BCUT2D eigenvalue weighted by Gasteiger charge is 2.71. The zero-order valence-electron chi connectivity index (χ0n) is 27.0. The third kappa shape index (κ3) is 4.85. The smallest absolute Gasteiger partial charge is 0.229 e. The number of rotatable bonds is 5. The first-order valence-electron chi connectivity index (χ1n) is 17.3. The van der Waals surface area contributed by atoms with Gasteiger partial charge in [0.25, 0.3) is 0 Å². The van der Waals surface area contributed by atoms with E-state index in [-0.39, 0.29) is 53.0 Å². The number of aromatic nitrogens is 1. The Morgan fingerprint density at radius 2 is 1.86 bits per heavy atom. The standard InChI is InChI=1S/C36H51N3O5/c1-21-10-13-36(43-20-21)22(2)33-29(44-36)16-28-26-9-8-23-15-24(11-12-34(23,3)27(26)17-30(40)35(28,33)4)39-32(42)18-31(41)38-19-25-7-5-6-14-37-25/h5-7,14,21-24,26-29,33H,8-13,15-20H2,1-4H3,(H,38,41)(H,39,42)/t21-,22+,23+,24+,26-,27+,28+,29+,33+,34+,35-,36-/m1/s1. The van der Waals surface area contributed by atoms with Crippen molar-refractivity contribution in [3.05, 3.63) is 30.1 Å². The Balaban J connectivity index is 0.977. The molecule has 12 atom stereocenters. The van der Waals surface area contributed by atoms with E-state index in [0.717, 1.165) is 63.7 Å². The Labute approximate surface area is 262 Å². The lowest BCUT2D eigenvalue weighted by Crippen LogP contribution is -2.59. The number of carbonyl (C=O) groups excluding carboxylic acids is 3. The van der Waals surface area contributed by atoms with E-state index >= 15 is 0 Å². The van der Waals surface area contributed by atoms with Crippen molar-refractivity contribution >= 4 is 17.6 Å². The summed E-state index contributed by atoms with van der Waals surface area (Å²) in [5, 5.41) is 5.97. The van der Waals surface area contributed by atoms with Crippen LogP contribution in [-0.2, 0) is 30.4 Å². The molecule has 7 rings (SSSR count). The Bertz CT molecular complexity index is 1280. The highest BCUT2D eigenvalue weighted by molar-refractivity contribution is 5.96. The summed E-state index contributed by atoms with van der Waals surface area (Å²) in [6.07, 6.45) is 10.5. The van der Waals surface area contributed by atoms with E-state index in [0.29, 0.717) is 48.3 Å². The first-order valence-corrected chi connectivity index (χ1v) is 17.3. The Kier molecular flexibility index (Phi) is 7.71. The van der Waals surface area contributed by atoms with Crippen molar-refractivity contribution in [1.82, 2.24) is 15.6 Å². The highest BCUT2D eigenvalue weighted by atomic mass is 16.7. The van der Waals surface area contributed by atoms with Crippen LogP contribution in [0, 0.1) is 52.3 Å². The predicted molar refractivity (Wildman–Crippen MR) is 165 cm³/mol. The number of hydrogen-bond acceptors (Lipinski definition) is 6. The normalized spacial score (nSPS) is 46.0. The van der Waals surface area contributed by atoms with Crippen molar-refractivity contribution in [2.45, 2.75) is 116 Å². The SMILES string of the molecule is C[C@@H]1CC[C@@]2(OC1)O[C@H]1C[C@H]3[C@@H]4CC[C@H]5C[C@@H](NC(=O)CC(=O)NCc6ccccn6)CC[C@]5(C)[C@H]4CC(=O)[C@]3(C)[C@H]1[C@@H]2C. The van der Waals surface area contributed by atoms with Crippen LogP contribution in [0.15, 0.2) is 24.4 Å². The van der Waals surface area contributed by atoms with Crippen LogP contribution in [0.5, 0.6) is 0 Å². The second-order valence-electron chi connectivity index (χ2n) is 15.9. The molecule has 1 aromatic heterocycles. The number of hydrogen-bond donors (Lipinski definition) is 2. The van der Waals surface area contributed by atoms with E-state index < -0.39 is 5.79 Å². The molecule has 1 aromatic rings. The van der Waals surface area contributed by atoms with E-state index in [1.54, 1.807) is 6.20 Å². The van der Waals surface area contributed by atoms with Gasteiger partial charge in [0, 0.05) is 42.3 Å². The van der Waals surface area contributed by atoms with Gasteiger partial charge in [0.2, 0.25) is 11.8 Å². The summed E-state index contributed by atoms with van der Waals surface area (Å²) < 4.78 is 13.3. The van der Waals surface area contributed by atoms with E-state index in [2.05, 4.69) is 43.3 Å². The minimum Gasteiger partial charge on any atom is -0.353 e. The van der Waals surface area contributed by atoms with Crippen LogP contribution in [0.4, 0.5) is 0 Å². The second-order valence-corrected chi connectivity index (χ2v) is 15.9. The largest absolute Gasteiger partial charge is 0.353 e. The molecule has 0 aromatic carbocycles. The molecule has 240 valence electrons. The molecule has 8 nitrogen and oxygen atoms in total. The van der Waals surface area contributed by atoms with Gasteiger partial charge < -0.3 is 20.1 Å². The minimum atomic E-state index is -0.501. The minimum absolute atomic E-state index is 0.0831. The number of nitrogens with zero attached hydrogens (tertiary/aromatic N) is 1. The molecule has 2 N–H and O–H groups in total. The van der Waals surface area contributed by atoms with E-state index in [9.17, 15) is 14.4 Å². The lowest BCUT2D eigenvalue weighted by atomic mass is 9.44. The summed E-state index contributed by atoms with van der Waals surface area (Å²) in [7, 11) is 0. The number of Topliss-reactive ketones (excluding diaryl/α,β-unsaturated/α-hetero) is 1. The summed E-state index contributed by atoms with van der Waals surface area (Å²) in [6.45, 7) is 10.3. The number of pyridine rings is 1. The third-order valence-corrected chi connectivity index (χ3v) is 13.7. The molecular weight excluding hydrogens is 554 g/mol. The fourth-order valence-corrected chi connectivity index (χ4v) is 11.3. The van der Waals surface area contributed by atoms with E-state index in [4.69, 9.17) is 9.47 Å². The monoisotopic (exact) mass is 605 g/mol. The first kappa shape index (κ1) is 30.3. The van der Waals surface area contributed by atoms with Crippen molar-refractivity contribution < 1.29 is 23.9 Å². The number of ketones is 1. The molecule has 0 radical (unpaired) electrons. The average molecular weight is 606 g/mol. The van der Waals surface area contributed by atoms with Gasteiger partial charge in [0.05, 0.1) is 24.9 Å². The molecule has 6 aliphatic rings. The lowest BCUT2D eigenvalue weighted by molar-refractivity contribution is -0.272. The van der Waals surface area contributed by atoms with Crippen molar-refractivity contribution in [3.63, 3.8) is 0 Å². The second kappa shape index (κ2) is 11.2. The topological polar surface area (TPSA) is 107 Å². The van der Waals surface area contributed by atoms with Crippen LogP contribution in [0.25, 0.3) is 0 Å². The molecular formula is C36H51N3O5. The molecule has 0 unspecified atom stereocenters. The Morgan fingerprint density at radius 3 is 2.61 bits per heavy atom. The molecule has 4 saturated carbocycles. The molecule has 1 spiro atoms. The number of amides is 2. The Hall–Kier alpha value is -2.32. The van der Waals surface area contributed by atoms with Gasteiger partial charge in [-0.3, -0.25) is 19.4 Å². The van der Waals surface area contributed by atoms with Gasteiger partial charge in [0.1, 0.15) is 12.2 Å². The van der Waals surface area contributed by atoms with Crippen LogP contribution in [0.2, 0.25) is 0 Å². The van der Waals surface area contributed by atoms with Gasteiger partial charge in [-0.2, -0.15) is 0 Å². The van der Waals surface area contributed by atoms with Crippen molar-refractivity contribution in [3.8, 4) is 0 Å². The number of nitrogens with one attached hydrogen (secondary N) is 2. The number of carbonyl (C=O) groups is 3. The maximum atomic E-state index is 14.3. The van der Waals surface area contributed by atoms with Gasteiger partial charge >= 0.3 is 0 Å². The first-order chi connectivity index (χ1) is 21.0. The zero-order chi connectivity index (χ0) is 30.9. The molecule has 8 heteroatoms. The van der Waals surface area contributed by atoms with Crippen LogP contribution in [0.1, 0.15) is 97.6 Å². The number of ether oxygens (including phenoxy) is 2. The summed E-state index contributed by atoms with van der Waals surface area (Å²) >= 11 is 0. The fraction of sp³-hybridized carbons (Fsp3) is 0.778. The quantitative estimate of drug-likeness (QED) is 0.447. The molecule has 0 bridgehead atoms. The number of fused-ring (bicyclic) bond motifs is 7. The fourth-order valence-electron chi connectivity index (χ4n) is 11.3. The van der Waals surface area contributed by atoms with Gasteiger partial charge in [0.15, 0.2) is 5.79 Å². The highest BCUT2D eigenvalue weighted by Crippen LogP contribution is 2.70. The molecule has 3 heterocycles. The summed E-state index contributed by atoms with van der Waals surface area (Å²) in [6, 6.07) is 5.64. The maximum Gasteiger partial charge on any atom is 0.229 e. The van der Waals surface area contributed by atoms with Crippen LogP contribution in [0.3, 0.4) is 0 Å². The molecule has 2 amide bonds. The van der Waals surface area contributed by atoms with E-state index in [1.807, 2.05) is 18.2 Å². The zero-order valence-corrected chi connectivity index (χ0v) is 27.0. The van der Waals surface area contributed by atoms with Crippen LogP contribution >= 0.6 is 0 Å². The predicted octanol–water partition coefficient (Wildman–Crippen LogP) is 5.20. The average Bonchev–Trinajstić information content (AvgIpc) is 3.45. The molecule has 44 heavy (non-hydrogen) atoms. The van der Waals surface area contributed by atoms with Gasteiger partial charge in [-0.25, -0.2) is 0 Å². The molecule has 6 fully saturated rings. The molecule has 4 aliphatic carbocycles. The van der Waals surface area contributed by atoms with Crippen LogP contribution in [-0.4, -0.2) is 47.1 Å². The Morgan fingerprint density at radius 1 is 1.02 bits per heavy atom. The van der Waals surface area contributed by atoms with Gasteiger partial charge in [-0.05, 0) is 92.1 Å². The third-order valence-electron chi connectivity index (χ3n) is 13.7. The van der Waals surface area contributed by atoms with Crippen molar-refractivity contribution in [2.24, 2.45) is 52.3 Å². The van der Waals surface area contributed by atoms with Crippen molar-refractivity contribution in [1.29, 1.82) is 0 Å². The molecule has 2 aliphatic heterocycles. The van der Waals surface area contributed by atoms with Gasteiger partial charge in [-0.15, -0.1) is 0 Å².